The molecule has 0 radical (unpaired) electrons. The van der Waals surface area contributed by atoms with Gasteiger partial charge in [0, 0.05) is 39.4 Å². The summed E-state index contributed by atoms with van der Waals surface area (Å²) >= 11 is 1.70. The largest absolute Gasteiger partial charge is 0.493 e. The highest BCUT2D eigenvalue weighted by Crippen LogP contribution is 2.32. The van der Waals surface area contributed by atoms with Crippen LogP contribution in [0.25, 0.3) is 10.1 Å². The van der Waals surface area contributed by atoms with Crippen LogP contribution in [-0.4, -0.2) is 31.1 Å². The predicted molar refractivity (Wildman–Crippen MR) is 145 cm³/mol. The van der Waals surface area contributed by atoms with E-state index in [1.165, 1.54) is 42.2 Å². The number of carbonyl (C=O) groups is 2. The van der Waals surface area contributed by atoms with Crippen LogP contribution in [0.1, 0.15) is 74.2 Å². The monoisotopic (exact) mass is 506 g/mol. The molecule has 1 aromatic heterocycles. The minimum Gasteiger partial charge on any atom is -0.493 e. The first-order valence-corrected chi connectivity index (χ1v) is 13.6. The lowest BCUT2D eigenvalue weighted by Gasteiger charge is -2.22. The van der Waals surface area contributed by atoms with Crippen LogP contribution in [0.4, 0.5) is 0 Å². The van der Waals surface area contributed by atoms with Crippen molar-refractivity contribution in [3.8, 4) is 11.5 Å². The maximum Gasteiger partial charge on any atom is 0.240 e. The van der Waals surface area contributed by atoms with Crippen molar-refractivity contribution in [2.24, 2.45) is 11.0 Å². The lowest BCUT2D eigenvalue weighted by molar-refractivity contribution is -0.121. The summed E-state index contributed by atoms with van der Waals surface area (Å²) in [7, 11) is 1.54. The fourth-order valence-electron chi connectivity index (χ4n) is 4.75. The molecule has 190 valence electrons. The van der Waals surface area contributed by atoms with Gasteiger partial charge in [0.15, 0.2) is 17.3 Å². The van der Waals surface area contributed by atoms with Gasteiger partial charge in [-0.15, -0.1) is 11.3 Å². The molecule has 0 atom stereocenters. The zero-order valence-corrected chi connectivity index (χ0v) is 21.9. The second-order valence-electron chi connectivity index (χ2n) is 9.17. The van der Waals surface area contributed by atoms with Gasteiger partial charge in [-0.3, -0.25) is 9.59 Å². The Morgan fingerprint density at radius 2 is 1.86 bits per heavy atom. The molecule has 0 aliphatic heterocycles. The van der Waals surface area contributed by atoms with Crippen LogP contribution in [0.5, 0.6) is 11.5 Å². The van der Waals surface area contributed by atoms with Crippen LogP contribution in [0, 0.1) is 5.92 Å². The summed E-state index contributed by atoms with van der Waals surface area (Å²) in [5.74, 6) is 1.30. The predicted octanol–water partition coefficient (Wildman–Crippen LogP) is 6.76. The van der Waals surface area contributed by atoms with E-state index in [0.717, 1.165) is 17.7 Å². The standard InChI is InChI=1S/C29H34N2O4S/c1-3-35-26-15-13-21(18-27(26)34-2)25(32)14-16-29(33)31-30-24(17-20-9-5-4-6-10-20)23-19-36-28-12-8-7-11-22(23)28/h7-8,11-13,15,18-20H,3-6,9-10,14,16-17H2,1-2H3,(H,31,33)/b30-24+. The summed E-state index contributed by atoms with van der Waals surface area (Å²) < 4.78 is 12.1. The zero-order valence-electron chi connectivity index (χ0n) is 21.0. The molecule has 0 saturated heterocycles. The topological polar surface area (TPSA) is 77.0 Å². The smallest absolute Gasteiger partial charge is 0.240 e. The third-order valence-corrected chi connectivity index (χ3v) is 7.64. The second-order valence-corrected chi connectivity index (χ2v) is 10.1. The number of rotatable bonds is 11. The molecule has 0 unspecified atom stereocenters. The van der Waals surface area contributed by atoms with E-state index in [9.17, 15) is 9.59 Å². The maximum atomic E-state index is 12.7. The molecule has 1 aliphatic carbocycles. The molecule has 1 heterocycles. The molecule has 36 heavy (non-hydrogen) atoms. The van der Waals surface area contributed by atoms with E-state index in [-0.39, 0.29) is 24.5 Å². The molecule has 1 fully saturated rings. The molecule has 1 saturated carbocycles. The molecule has 1 amide bonds. The number of methoxy groups -OCH3 is 1. The van der Waals surface area contributed by atoms with Gasteiger partial charge in [-0.1, -0.05) is 50.3 Å². The SMILES string of the molecule is CCOc1ccc(C(=O)CCC(=O)N/N=C(\CC2CCCCC2)c2csc3ccccc23)cc1OC. The summed E-state index contributed by atoms with van der Waals surface area (Å²) in [6, 6.07) is 13.4. The summed E-state index contributed by atoms with van der Waals surface area (Å²) in [5, 5.41) is 7.91. The van der Waals surface area contributed by atoms with E-state index in [4.69, 9.17) is 9.47 Å². The van der Waals surface area contributed by atoms with E-state index < -0.39 is 0 Å². The highest BCUT2D eigenvalue weighted by molar-refractivity contribution is 7.17. The Balaban J connectivity index is 1.42. The van der Waals surface area contributed by atoms with Crippen molar-refractivity contribution in [2.45, 2.75) is 58.3 Å². The number of hydrogen-bond acceptors (Lipinski definition) is 6. The van der Waals surface area contributed by atoms with Gasteiger partial charge in [0.1, 0.15) is 0 Å². The van der Waals surface area contributed by atoms with Crippen LogP contribution in [0.2, 0.25) is 0 Å². The maximum absolute atomic E-state index is 12.7. The van der Waals surface area contributed by atoms with Crippen molar-refractivity contribution in [3.05, 3.63) is 59.0 Å². The van der Waals surface area contributed by atoms with Gasteiger partial charge in [-0.25, -0.2) is 5.43 Å². The summed E-state index contributed by atoms with van der Waals surface area (Å²) in [6.07, 6.45) is 7.24. The highest BCUT2D eigenvalue weighted by atomic mass is 32.1. The quantitative estimate of drug-likeness (QED) is 0.177. The Kier molecular flexibility index (Phi) is 9.11. The number of Topliss-reactive ketones (excluding diaryl/α,β-unsaturated/α-hetero) is 1. The Labute approximate surface area is 216 Å². The molecule has 1 N–H and O–H groups in total. The second kappa shape index (κ2) is 12.7. The normalized spacial score (nSPS) is 14.6. The van der Waals surface area contributed by atoms with Gasteiger partial charge < -0.3 is 9.47 Å². The lowest BCUT2D eigenvalue weighted by Crippen LogP contribution is -2.22. The van der Waals surface area contributed by atoms with Crippen LogP contribution in [0.3, 0.4) is 0 Å². The number of amides is 1. The van der Waals surface area contributed by atoms with Crippen molar-refractivity contribution >= 4 is 38.8 Å². The fourth-order valence-corrected chi connectivity index (χ4v) is 5.72. The molecule has 1 aliphatic rings. The first-order valence-electron chi connectivity index (χ1n) is 12.7. The number of hydrogen-bond donors (Lipinski definition) is 1. The number of nitrogens with zero attached hydrogens (tertiary/aromatic N) is 1. The number of thiophene rings is 1. The van der Waals surface area contributed by atoms with Gasteiger partial charge in [0.2, 0.25) is 5.91 Å². The van der Waals surface area contributed by atoms with Crippen molar-refractivity contribution in [1.82, 2.24) is 5.43 Å². The Morgan fingerprint density at radius 1 is 1.06 bits per heavy atom. The van der Waals surface area contributed by atoms with E-state index >= 15 is 0 Å². The van der Waals surface area contributed by atoms with Gasteiger partial charge in [-0.2, -0.15) is 5.10 Å². The number of carbonyl (C=O) groups excluding carboxylic acids is 2. The van der Waals surface area contributed by atoms with E-state index in [1.807, 2.05) is 19.1 Å². The molecule has 4 rings (SSSR count). The third kappa shape index (κ3) is 6.52. The summed E-state index contributed by atoms with van der Waals surface area (Å²) in [5.41, 5.74) is 5.25. The zero-order chi connectivity index (χ0) is 25.3. The number of nitrogens with one attached hydrogen (secondary N) is 1. The van der Waals surface area contributed by atoms with Gasteiger partial charge >= 0.3 is 0 Å². The highest BCUT2D eigenvalue weighted by Gasteiger charge is 2.20. The minimum atomic E-state index is -0.262. The Hall–Kier alpha value is -3.19. The Morgan fingerprint density at radius 3 is 2.64 bits per heavy atom. The average molecular weight is 507 g/mol. The van der Waals surface area contributed by atoms with Gasteiger partial charge in [-0.05, 0) is 43.5 Å². The van der Waals surface area contributed by atoms with Crippen LogP contribution >= 0.6 is 11.3 Å². The molecule has 7 heteroatoms. The third-order valence-electron chi connectivity index (χ3n) is 6.68. The van der Waals surface area contributed by atoms with E-state index in [1.54, 1.807) is 36.6 Å². The Bertz CT molecular complexity index is 1230. The van der Waals surface area contributed by atoms with Crippen molar-refractivity contribution in [2.75, 3.05) is 13.7 Å². The molecule has 0 spiro atoms. The summed E-state index contributed by atoms with van der Waals surface area (Å²) in [6.45, 7) is 2.40. The molecule has 2 aromatic carbocycles. The number of benzene rings is 2. The van der Waals surface area contributed by atoms with E-state index in [2.05, 4.69) is 28.0 Å². The van der Waals surface area contributed by atoms with Crippen LogP contribution < -0.4 is 14.9 Å². The average Bonchev–Trinajstić information content (AvgIpc) is 3.34. The van der Waals surface area contributed by atoms with E-state index in [0.29, 0.717) is 29.6 Å². The summed E-state index contributed by atoms with van der Waals surface area (Å²) in [4.78, 5) is 25.4. The number of fused-ring (bicyclic) bond motifs is 1. The molecule has 0 bridgehead atoms. The van der Waals surface area contributed by atoms with Crippen molar-refractivity contribution < 1.29 is 19.1 Å². The van der Waals surface area contributed by atoms with Crippen molar-refractivity contribution in [1.29, 1.82) is 0 Å². The van der Waals surface area contributed by atoms with Gasteiger partial charge in [0.05, 0.1) is 19.4 Å². The van der Waals surface area contributed by atoms with Crippen LogP contribution in [0.15, 0.2) is 52.9 Å². The molecule has 6 nitrogen and oxygen atoms in total. The number of ketones is 1. The molecule has 3 aromatic rings. The fraction of sp³-hybridized carbons (Fsp3) is 0.414. The van der Waals surface area contributed by atoms with Crippen LogP contribution in [-0.2, 0) is 4.79 Å². The molecular formula is C29H34N2O4S. The first kappa shape index (κ1) is 25.9. The minimum absolute atomic E-state index is 0.0684. The van der Waals surface area contributed by atoms with Crippen molar-refractivity contribution in [3.63, 3.8) is 0 Å². The number of hydrazone groups is 1. The number of ether oxygens (including phenoxy) is 2. The first-order chi connectivity index (χ1) is 17.6. The van der Waals surface area contributed by atoms with Gasteiger partial charge in [0.25, 0.3) is 0 Å². The molecular weight excluding hydrogens is 472 g/mol. The lowest BCUT2D eigenvalue weighted by atomic mass is 9.84.